The first-order chi connectivity index (χ1) is 10.3. The maximum atomic E-state index is 12.3. The van der Waals surface area contributed by atoms with Crippen LogP contribution in [-0.2, 0) is 19.1 Å². The van der Waals surface area contributed by atoms with Crippen molar-refractivity contribution < 1.29 is 23.9 Å². The summed E-state index contributed by atoms with van der Waals surface area (Å²) in [5.74, 6) is -1.86. The zero-order valence-corrected chi connectivity index (χ0v) is 12.6. The summed E-state index contributed by atoms with van der Waals surface area (Å²) in [5.41, 5.74) is 0.614. The van der Waals surface area contributed by atoms with Crippen molar-refractivity contribution in [1.29, 1.82) is 0 Å². The summed E-state index contributed by atoms with van der Waals surface area (Å²) < 4.78 is 4.57. The molecule has 0 fully saturated rings. The molecule has 1 rings (SSSR count). The minimum Gasteiger partial charge on any atom is -0.467 e. The predicted octanol–water partition coefficient (Wildman–Crippen LogP) is 0.895. The number of Topliss-reactive ketones (excluding diaryl/α,β-unsaturated/α-hetero) is 1. The van der Waals surface area contributed by atoms with E-state index < -0.39 is 23.7 Å². The molecule has 0 aromatic heterocycles. The average Bonchev–Trinajstić information content (AvgIpc) is 2.45. The highest BCUT2D eigenvalue weighted by molar-refractivity contribution is 6.06. The first kappa shape index (κ1) is 17.4. The van der Waals surface area contributed by atoms with Crippen molar-refractivity contribution in [2.75, 3.05) is 12.4 Å². The molecule has 0 saturated carbocycles. The van der Waals surface area contributed by atoms with E-state index in [0.717, 1.165) is 0 Å². The molecule has 22 heavy (non-hydrogen) atoms. The highest BCUT2D eigenvalue weighted by Crippen LogP contribution is 2.18. The molecule has 0 heterocycles. The summed E-state index contributed by atoms with van der Waals surface area (Å²) in [6, 6.07) is 5.37. The van der Waals surface area contributed by atoms with Gasteiger partial charge in [0.25, 0.3) is 0 Å². The van der Waals surface area contributed by atoms with Gasteiger partial charge < -0.3 is 15.4 Å². The Hall–Kier alpha value is -2.70. The van der Waals surface area contributed by atoms with Gasteiger partial charge in [-0.3, -0.25) is 14.4 Å². The second-order valence-corrected chi connectivity index (χ2v) is 4.63. The van der Waals surface area contributed by atoms with E-state index in [1.54, 1.807) is 18.2 Å². The number of para-hydroxylation sites is 1. The summed E-state index contributed by atoms with van der Waals surface area (Å²) in [6.07, 6.45) is -0.261. The summed E-state index contributed by atoms with van der Waals surface area (Å²) in [5, 5.41) is 4.92. The Balaban J connectivity index is 2.97. The van der Waals surface area contributed by atoms with Gasteiger partial charge >= 0.3 is 5.97 Å². The molecule has 2 N–H and O–H groups in total. The Morgan fingerprint density at radius 1 is 1.09 bits per heavy atom. The van der Waals surface area contributed by atoms with Crippen LogP contribution in [0.15, 0.2) is 24.3 Å². The van der Waals surface area contributed by atoms with Crippen LogP contribution < -0.4 is 10.6 Å². The molecule has 0 spiro atoms. The number of ketones is 1. The van der Waals surface area contributed by atoms with E-state index in [9.17, 15) is 19.2 Å². The number of hydrogen-bond donors (Lipinski definition) is 2. The molecule has 0 radical (unpaired) electrons. The van der Waals surface area contributed by atoms with Crippen molar-refractivity contribution in [3.8, 4) is 0 Å². The van der Waals surface area contributed by atoms with Crippen LogP contribution in [0.4, 0.5) is 5.69 Å². The zero-order valence-electron chi connectivity index (χ0n) is 12.6. The molecule has 0 aliphatic rings. The maximum absolute atomic E-state index is 12.3. The minimum atomic E-state index is -1.07. The van der Waals surface area contributed by atoms with Crippen molar-refractivity contribution in [3.05, 3.63) is 29.8 Å². The average molecular weight is 306 g/mol. The van der Waals surface area contributed by atoms with Crippen LogP contribution >= 0.6 is 0 Å². The van der Waals surface area contributed by atoms with Crippen LogP contribution in [0, 0.1) is 0 Å². The van der Waals surface area contributed by atoms with Gasteiger partial charge in [0.15, 0.2) is 5.78 Å². The van der Waals surface area contributed by atoms with Crippen molar-refractivity contribution in [1.82, 2.24) is 5.32 Å². The standard InChI is InChI=1S/C15H18N2O5/c1-9(18)16-12-7-5-4-6-11(12)14(20)8-13(15(21)22-3)17-10(2)19/h4-7,13H,8H2,1-3H3,(H,16,18)(H,17,19)/t13-/m0/s1. The van der Waals surface area contributed by atoms with E-state index in [1.165, 1.54) is 27.0 Å². The molecular weight excluding hydrogens is 288 g/mol. The Morgan fingerprint density at radius 3 is 2.27 bits per heavy atom. The minimum absolute atomic E-state index is 0.261. The molecule has 0 saturated heterocycles. The van der Waals surface area contributed by atoms with Crippen LogP contribution in [0.5, 0.6) is 0 Å². The molecule has 7 heteroatoms. The van der Waals surface area contributed by atoms with Crippen LogP contribution in [0.1, 0.15) is 30.6 Å². The molecule has 0 unspecified atom stereocenters. The smallest absolute Gasteiger partial charge is 0.328 e. The molecule has 0 aliphatic carbocycles. The third-order valence-corrected chi connectivity index (χ3v) is 2.79. The van der Waals surface area contributed by atoms with Gasteiger partial charge in [-0.25, -0.2) is 4.79 Å². The highest BCUT2D eigenvalue weighted by atomic mass is 16.5. The molecule has 1 aromatic rings. The normalized spacial score (nSPS) is 11.2. The quantitative estimate of drug-likeness (QED) is 0.600. The number of ether oxygens (including phenoxy) is 1. The number of benzene rings is 1. The molecule has 1 atom stereocenters. The van der Waals surface area contributed by atoms with Gasteiger partial charge in [-0.2, -0.15) is 0 Å². The zero-order chi connectivity index (χ0) is 16.7. The summed E-state index contributed by atoms with van der Waals surface area (Å²) in [6.45, 7) is 2.57. The van der Waals surface area contributed by atoms with Gasteiger partial charge in [0.1, 0.15) is 6.04 Å². The lowest BCUT2D eigenvalue weighted by atomic mass is 10.0. The van der Waals surface area contributed by atoms with Gasteiger partial charge in [-0.15, -0.1) is 0 Å². The topological polar surface area (TPSA) is 102 Å². The van der Waals surface area contributed by atoms with E-state index in [2.05, 4.69) is 15.4 Å². The molecule has 0 bridgehead atoms. The maximum Gasteiger partial charge on any atom is 0.328 e. The number of anilines is 1. The largest absolute Gasteiger partial charge is 0.467 e. The third-order valence-electron chi connectivity index (χ3n) is 2.79. The van der Waals surface area contributed by atoms with Gasteiger partial charge in [0.2, 0.25) is 11.8 Å². The molecule has 7 nitrogen and oxygen atoms in total. The predicted molar refractivity (Wildman–Crippen MR) is 79.3 cm³/mol. The Bertz CT molecular complexity index is 597. The Morgan fingerprint density at radius 2 is 1.73 bits per heavy atom. The van der Waals surface area contributed by atoms with Crippen molar-refractivity contribution >= 4 is 29.3 Å². The lowest BCUT2D eigenvalue weighted by Crippen LogP contribution is -2.42. The van der Waals surface area contributed by atoms with Crippen molar-refractivity contribution in [2.24, 2.45) is 0 Å². The number of nitrogens with one attached hydrogen (secondary N) is 2. The number of amides is 2. The number of methoxy groups -OCH3 is 1. The van der Waals surface area contributed by atoms with Gasteiger partial charge in [-0.05, 0) is 12.1 Å². The van der Waals surface area contributed by atoms with Crippen LogP contribution in [0.3, 0.4) is 0 Å². The first-order valence-electron chi connectivity index (χ1n) is 6.60. The summed E-state index contributed by atoms with van der Waals surface area (Å²) >= 11 is 0. The van der Waals surface area contributed by atoms with E-state index in [-0.39, 0.29) is 17.9 Å². The van der Waals surface area contributed by atoms with Gasteiger partial charge in [-0.1, -0.05) is 12.1 Å². The summed E-state index contributed by atoms with van der Waals surface area (Å²) in [4.78, 5) is 46.2. The fourth-order valence-corrected chi connectivity index (χ4v) is 1.90. The van der Waals surface area contributed by atoms with Crippen molar-refractivity contribution in [3.63, 3.8) is 0 Å². The van der Waals surface area contributed by atoms with Crippen LogP contribution in [0.25, 0.3) is 0 Å². The number of carbonyl (C=O) groups excluding carboxylic acids is 4. The SMILES string of the molecule is COC(=O)[C@H](CC(=O)c1ccccc1NC(C)=O)NC(C)=O. The van der Waals surface area contributed by atoms with Gasteiger partial charge in [0, 0.05) is 25.8 Å². The van der Waals surface area contributed by atoms with Crippen molar-refractivity contribution in [2.45, 2.75) is 26.3 Å². The van der Waals surface area contributed by atoms with E-state index in [4.69, 9.17) is 0 Å². The van der Waals surface area contributed by atoms with Crippen LogP contribution in [-0.4, -0.2) is 36.7 Å². The van der Waals surface area contributed by atoms with E-state index in [0.29, 0.717) is 5.69 Å². The lowest BCUT2D eigenvalue weighted by molar-refractivity contribution is -0.144. The molecule has 1 aromatic carbocycles. The fourth-order valence-electron chi connectivity index (χ4n) is 1.90. The monoisotopic (exact) mass is 306 g/mol. The highest BCUT2D eigenvalue weighted by Gasteiger charge is 2.25. The Labute approximate surface area is 128 Å². The Kier molecular flexibility index (Phi) is 6.25. The van der Waals surface area contributed by atoms with Gasteiger partial charge in [0.05, 0.1) is 12.8 Å². The third kappa shape index (κ3) is 5.01. The lowest BCUT2D eigenvalue weighted by Gasteiger charge is -2.16. The molecule has 2 amide bonds. The summed E-state index contributed by atoms with van der Waals surface area (Å²) in [7, 11) is 1.17. The van der Waals surface area contributed by atoms with E-state index >= 15 is 0 Å². The second kappa shape index (κ2) is 7.92. The first-order valence-corrected chi connectivity index (χ1v) is 6.60. The number of carbonyl (C=O) groups is 4. The van der Waals surface area contributed by atoms with E-state index in [1.807, 2.05) is 0 Å². The second-order valence-electron chi connectivity index (χ2n) is 4.63. The van der Waals surface area contributed by atoms with Crippen LogP contribution in [0.2, 0.25) is 0 Å². The molecular formula is C15H18N2O5. The molecule has 118 valence electrons. The fraction of sp³-hybridized carbons (Fsp3) is 0.333. The number of rotatable bonds is 6. The number of hydrogen-bond acceptors (Lipinski definition) is 5. The number of esters is 1. The molecule has 0 aliphatic heterocycles.